The second-order valence-corrected chi connectivity index (χ2v) is 6.11. The fraction of sp³-hybridized carbons (Fsp3) is 0.909. The van der Waals surface area contributed by atoms with E-state index < -0.39 is 5.97 Å². The van der Waals surface area contributed by atoms with E-state index in [2.05, 4.69) is 12.2 Å². The number of thioether (sulfide) groups is 1. The zero-order valence-electron chi connectivity index (χ0n) is 9.16. The van der Waals surface area contributed by atoms with Crippen molar-refractivity contribution in [2.75, 3.05) is 5.75 Å². The van der Waals surface area contributed by atoms with Crippen LogP contribution >= 0.6 is 11.8 Å². The van der Waals surface area contributed by atoms with Crippen LogP contribution in [0.5, 0.6) is 0 Å². The van der Waals surface area contributed by atoms with E-state index in [0.717, 1.165) is 24.5 Å². The molecule has 1 saturated carbocycles. The summed E-state index contributed by atoms with van der Waals surface area (Å²) < 4.78 is 0. The molecule has 0 radical (unpaired) electrons. The zero-order valence-corrected chi connectivity index (χ0v) is 9.98. The molecule has 2 rings (SSSR count). The molecule has 2 N–H and O–H groups in total. The van der Waals surface area contributed by atoms with Gasteiger partial charge >= 0.3 is 5.97 Å². The minimum absolute atomic E-state index is 0.0853. The number of nitrogens with one attached hydrogen (secondary N) is 1. The third kappa shape index (κ3) is 2.31. The van der Waals surface area contributed by atoms with Gasteiger partial charge in [-0.2, -0.15) is 0 Å². The van der Waals surface area contributed by atoms with E-state index in [9.17, 15) is 4.79 Å². The first-order valence-electron chi connectivity index (χ1n) is 5.80. The summed E-state index contributed by atoms with van der Waals surface area (Å²) in [5.41, 5.74) is 0. The molecule has 0 amide bonds. The molecule has 1 heterocycles. The molecule has 0 aromatic carbocycles. The third-order valence-electron chi connectivity index (χ3n) is 3.65. The van der Waals surface area contributed by atoms with E-state index in [4.69, 9.17) is 5.11 Å². The van der Waals surface area contributed by atoms with E-state index in [1.807, 2.05) is 11.8 Å². The highest BCUT2D eigenvalue weighted by Crippen LogP contribution is 2.45. The molecule has 2 aliphatic rings. The normalized spacial score (nSPS) is 40.9. The van der Waals surface area contributed by atoms with Crippen molar-refractivity contribution in [3.8, 4) is 0 Å². The Balaban J connectivity index is 1.99. The first-order valence-corrected chi connectivity index (χ1v) is 6.78. The van der Waals surface area contributed by atoms with Crippen molar-refractivity contribution in [2.24, 2.45) is 5.92 Å². The first-order chi connectivity index (χ1) is 7.15. The molecular formula is C11H19NO2S. The number of carboxylic acids is 1. The molecule has 15 heavy (non-hydrogen) atoms. The smallest absolute Gasteiger partial charge is 0.321 e. The Morgan fingerprint density at radius 2 is 2.47 bits per heavy atom. The van der Waals surface area contributed by atoms with Crippen molar-refractivity contribution < 1.29 is 9.90 Å². The van der Waals surface area contributed by atoms with Gasteiger partial charge in [0.1, 0.15) is 6.04 Å². The van der Waals surface area contributed by atoms with Crippen LogP contribution in [0.2, 0.25) is 0 Å². The van der Waals surface area contributed by atoms with Crippen molar-refractivity contribution in [3.63, 3.8) is 0 Å². The van der Waals surface area contributed by atoms with Crippen LogP contribution in [0.15, 0.2) is 0 Å². The van der Waals surface area contributed by atoms with Gasteiger partial charge in [-0.3, -0.25) is 10.1 Å². The van der Waals surface area contributed by atoms with E-state index in [-0.39, 0.29) is 10.9 Å². The van der Waals surface area contributed by atoms with Gasteiger partial charge in [0.15, 0.2) is 0 Å². The Morgan fingerprint density at radius 3 is 3.07 bits per heavy atom. The highest BCUT2D eigenvalue weighted by atomic mass is 32.2. The maximum Gasteiger partial charge on any atom is 0.321 e. The number of hydrogen-bond acceptors (Lipinski definition) is 3. The summed E-state index contributed by atoms with van der Waals surface area (Å²) >= 11 is 1.83. The van der Waals surface area contributed by atoms with Crippen LogP contribution in [0.3, 0.4) is 0 Å². The van der Waals surface area contributed by atoms with Crippen LogP contribution in [-0.4, -0.2) is 27.7 Å². The van der Waals surface area contributed by atoms with Gasteiger partial charge in [-0.1, -0.05) is 26.2 Å². The van der Waals surface area contributed by atoms with Crippen molar-refractivity contribution in [2.45, 2.75) is 49.9 Å². The summed E-state index contributed by atoms with van der Waals surface area (Å²) in [5.74, 6) is 0.815. The topological polar surface area (TPSA) is 49.3 Å². The Morgan fingerprint density at radius 1 is 1.67 bits per heavy atom. The highest BCUT2D eigenvalue weighted by molar-refractivity contribution is 8.00. The molecular weight excluding hydrogens is 210 g/mol. The van der Waals surface area contributed by atoms with Crippen LogP contribution in [0, 0.1) is 5.92 Å². The average Bonchev–Trinajstić information content (AvgIpc) is 2.62. The van der Waals surface area contributed by atoms with Crippen LogP contribution in [0.1, 0.15) is 39.0 Å². The summed E-state index contributed by atoms with van der Waals surface area (Å²) in [7, 11) is 0. The molecule has 1 saturated heterocycles. The average molecular weight is 229 g/mol. The monoisotopic (exact) mass is 229 g/mol. The fourth-order valence-corrected chi connectivity index (χ4v) is 4.31. The van der Waals surface area contributed by atoms with Crippen LogP contribution < -0.4 is 5.32 Å². The standard InChI is InChI=1S/C11H19NO2S/c1-2-8-4-3-5-11(6-8)12-9(7-15-11)10(13)14/h8-9,12H,2-7H2,1H3,(H,13,14). The molecule has 2 fully saturated rings. The zero-order chi connectivity index (χ0) is 10.9. The van der Waals surface area contributed by atoms with Crippen molar-refractivity contribution in [3.05, 3.63) is 0 Å². The number of hydrogen-bond donors (Lipinski definition) is 2. The van der Waals surface area contributed by atoms with Gasteiger partial charge in [-0.25, -0.2) is 0 Å². The minimum atomic E-state index is -0.696. The summed E-state index contributed by atoms with van der Waals surface area (Å²) in [6.07, 6.45) is 6.07. The Hall–Kier alpha value is -0.220. The maximum absolute atomic E-state index is 10.9. The van der Waals surface area contributed by atoms with Gasteiger partial charge in [0.25, 0.3) is 0 Å². The fourth-order valence-electron chi connectivity index (χ4n) is 2.73. The predicted molar refractivity (Wildman–Crippen MR) is 62.0 cm³/mol. The molecule has 0 bridgehead atoms. The molecule has 4 heteroatoms. The molecule has 3 atom stereocenters. The number of aliphatic carboxylic acids is 1. The summed E-state index contributed by atoms with van der Waals surface area (Å²) in [6, 6.07) is -0.328. The largest absolute Gasteiger partial charge is 0.480 e. The summed E-state index contributed by atoms with van der Waals surface area (Å²) in [5, 5.41) is 12.3. The number of rotatable bonds is 2. The van der Waals surface area contributed by atoms with E-state index in [0.29, 0.717) is 0 Å². The number of carbonyl (C=O) groups is 1. The van der Waals surface area contributed by atoms with Gasteiger partial charge in [-0.15, -0.1) is 11.8 Å². The van der Waals surface area contributed by atoms with Crippen molar-refractivity contribution in [1.82, 2.24) is 5.32 Å². The number of carboxylic acid groups (broad SMARTS) is 1. The van der Waals surface area contributed by atoms with E-state index >= 15 is 0 Å². The van der Waals surface area contributed by atoms with Crippen LogP contribution in [0.4, 0.5) is 0 Å². The maximum atomic E-state index is 10.9. The van der Waals surface area contributed by atoms with Gasteiger partial charge < -0.3 is 5.11 Å². The molecule has 1 spiro atoms. The Bertz CT molecular complexity index is 259. The van der Waals surface area contributed by atoms with Crippen LogP contribution in [0.25, 0.3) is 0 Å². The van der Waals surface area contributed by atoms with E-state index in [1.54, 1.807) is 0 Å². The van der Waals surface area contributed by atoms with Crippen molar-refractivity contribution >= 4 is 17.7 Å². The molecule has 0 aromatic rings. The highest BCUT2D eigenvalue weighted by Gasteiger charge is 2.44. The second kappa shape index (κ2) is 4.34. The van der Waals surface area contributed by atoms with Gasteiger partial charge in [0.2, 0.25) is 0 Å². The lowest BCUT2D eigenvalue weighted by atomic mass is 9.83. The lowest BCUT2D eigenvalue weighted by Crippen LogP contribution is -2.47. The first kappa shape index (κ1) is 11.3. The van der Waals surface area contributed by atoms with Gasteiger partial charge in [-0.05, 0) is 18.8 Å². The van der Waals surface area contributed by atoms with Gasteiger partial charge in [0.05, 0.1) is 4.87 Å². The SMILES string of the molecule is CCC1CCCC2(C1)NC(C(=O)O)CS2. The summed E-state index contributed by atoms with van der Waals surface area (Å²) in [6.45, 7) is 2.23. The minimum Gasteiger partial charge on any atom is -0.480 e. The summed E-state index contributed by atoms with van der Waals surface area (Å²) in [4.78, 5) is 11.0. The quantitative estimate of drug-likeness (QED) is 0.761. The van der Waals surface area contributed by atoms with Crippen molar-refractivity contribution in [1.29, 1.82) is 0 Å². The van der Waals surface area contributed by atoms with Gasteiger partial charge in [0, 0.05) is 5.75 Å². The molecule has 0 aromatic heterocycles. The second-order valence-electron chi connectivity index (χ2n) is 4.71. The lowest BCUT2D eigenvalue weighted by molar-refractivity contribution is -0.139. The molecule has 3 unspecified atom stereocenters. The van der Waals surface area contributed by atoms with Crippen LogP contribution in [-0.2, 0) is 4.79 Å². The van der Waals surface area contributed by atoms with E-state index in [1.165, 1.54) is 19.3 Å². The molecule has 1 aliphatic carbocycles. The Kier molecular flexibility index (Phi) is 3.26. The molecule has 3 nitrogen and oxygen atoms in total. The predicted octanol–water partition coefficient (Wildman–Crippen LogP) is 2.07. The lowest BCUT2D eigenvalue weighted by Gasteiger charge is -2.37. The Labute approximate surface area is 95.0 Å². The third-order valence-corrected chi connectivity index (χ3v) is 5.19. The molecule has 86 valence electrons. The molecule has 1 aliphatic heterocycles.